The highest BCUT2D eigenvalue weighted by Gasteiger charge is 2.58. The van der Waals surface area contributed by atoms with Crippen LogP contribution < -0.4 is 5.48 Å². The lowest BCUT2D eigenvalue weighted by Gasteiger charge is -2.46. The smallest absolute Gasteiger partial charge is 0.273 e. The molecule has 0 radical (unpaired) electrons. The Morgan fingerprint density at radius 3 is 2.94 bits per heavy atom. The maximum atomic E-state index is 11.8. The summed E-state index contributed by atoms with van der Waals surface area (Å²) >= 11 is 0. The fourth-order valence-electron chi connectivity index (χ4n) is 3.29. The normalized spacial score (nSPS) is 39.9. The lowest BCUT2D eigenvalue weighted by molar-refractivity contribution is -0.163. The molecule has 96 valence electrons. The summed E-state index contributed by atoms with van der Waals surface area (Å²) in [5.74, 6) is 0.685. The first-order valence-electron chi connectivity index (χ1n) is 6.41. The zero-order valence-electron chi connectivity index (χ0n) is 10.4. The Kier molecular flexibility index (Phi) is 2.65. The fourth-order valence-corrected chi connectivity index (χ4v) is 3.29. The summed E-state index contributed by atoms with van der Waals surface area (Å²) in [6.45, 7) is 6.31. The van der Waals surface area contributed by atoms with Crippen LogP contribution in [0.3, 0.4) is 0 Å². The molecule has 3 heterocycles. The van der Waals surface area contributed by atoms with Gasteiger partial charge in [-0.05, 0) is 32.6 Å². The summed E-state index contributed by atoms with van der Waals surface area (Å²) < 4.78 is 5.69. The lowest BCUT2D eigenvalue weighted by atomic mass is 9.73. The molecule has 1 atom stereocenters. The number of morpholine rings is 1. The minimum atomic E-state index is -0.376. The molecule has 1 spiro atoms. The predicted octanol–water partition coefficient (Wildman–Crippen LogP) is 0.306. The standard InChI is InChI=1S/C12H20N2O3/c1-8(2)17-13-11(15)10-6-14-5-9-3-12(14,4-9)7-16-10/h8-10H,3-7H2,1-2H3,(H,13,15). The molecule has 5 heteroatoms. The van der Waals surface area contributed by atoms with Crippen LogP contribution in [-0.2, 0) is 14.4 Å². The van der Waals surface area contributed by atoms with Gasteiger partial charge in [0, 0.05) is 18.6 Å². The molecule has 0 aromatic carbocycles. The van der Waals surface area contributed by atoms with Crippen molar-refractivity contribution >= 4 is 5.91 Å². The van der Waals surface area contributed by atoms with Crippen LogP contribution in [0.1, 0.15) is 26.7 Å². The molecule has 0 aromatic rings. The predicted molar refractivity (Wildman–Crippen MR) is 61.1 cm³/mol. The van der Waals surface area contributed by atoms with Crippen LogP contribution in [0.5, 0.6) is 0 Å². The fraction of sp³-hybridized carbons (Fsp3) is 0.917. The van der Waals surface area contributed by atoms with Gasteiger partial charge in [0.25, 0.3) is 5.91 Å². The minimum Gasteiger partial charge on any atom is -0.365 e. The number of nitrogens with zero attached hydrogens (tertiary/aromatic N) is 1. The largest absolute Gasteiger partial charge is 0.365 e. The van der Waals surface area contributed by atoms with Gasteiger partial charge >= 0.3 is 0 Å². The third kappa shape index (κ3) is 1.86. The average Bonchev–Trinajstić information content (AvgIpc) is 2.78. The second-order valence-electron chi connectivity index (χ2n) is 5.84. The molecule has 1 unspecified atom stereocenters. The lowest BCUT2D eigenvalue weighted by Crippen LogP contribution is -2.59. The maximum absolute atomic E-state index is 11.8. The van der Waals surface area contributed by atoms with Gasteiger partial charge in [-0.3, -0.25) is 14.5 Å². The van der Waals surface area contributed by atoms with Crippen LogP contribution in [0, 0.1) is 5.92 Å². The summed E-state index contributed by atoms with van der Waals surface area (Å²) in [6.07, 6.45) is 2.13. The monoisotopic (exact) mass is 240 g/mol. The SMILES string of the molecule is CC(C)ONC(=O)C1CN2CC3CC2(CO1)C3. The van der Waals surface area contributed by atoms with Crippen LogP contribution in [0.4, 0.5) is 0 Å². The number of ether oxygens (including phenoxy) is 1. The Balaban J connectivity index is 1.54. The van der Waals surface area contributed by atoms with Gasteiger partial charge in [-0.25, -0.2) is 5.48 Å². The van der Waals surface area contributed by atoms with Crippen molar-refractivity contribution in [2.24, 2.45) is 5.92 Å². The molecule has 1 saturated carbocycles. The first-order valence-corrected chi connectivity index (χ1v) is 6.41. The minimum absolute atomic E-state index is 0.00604. The second kappa shape index (κ2) is 3.93. The van der Waals surface area contributed by atoms with Crippen molar-refractivity contribution in [1.82, 2.24) is 10.4 Å². The third-order valence-corrected chi connectivity index (χ3v) is 4.11. The van der Waals surface area contributed by atoms with Crippen molar-refractivity contribution in [3.8, 4) is 0 Å². The maximum Gasteiger partial charge on any atom is 0.273 e. The number of carbonyl (C=O) groups is 1. The van der Waals surface area contributed by atoms with E-state index in [-0.39, 0.29) is 23.7 Å². The Morgan fingerprint density at radius 1 is 1.47 bits per heavy atom. The van der Waals surface area contributed by atoms with Gasteiger partial charge < -0.3 is 4.74 Å². The number of hydrogen-bond acceptors (Lipinski definition) is 4. The van der Waals surface area contributed by atoms with Crippen molar-refractivity contribution < 1.29 is 14.4 Å². The zero-order chi connectivity index (χ0) is 12.0. The molecule has 3 saturated heterocycles. The summed E-state index contributed by atoms with van der Waals surface area (Å²) in [5, 5.41) is 0. The van der Waals surface area contributed by atoms with E-state index >= 15 is 0 Å². The summed E-state index contributed by atoms with van der Waals surface area (Å²) in [5.41, 5.74) is 2.75. The van der Waals surface area contributed by atoms with Gasteiger partial charge in [-0.15, -0.1) is 0 Å². The quantitative estimate of drug-likeness (QED) is 0.721. The Bertz CT molecular complexity index is 326. The number of hydroxylamine groups is 1. The first-order chi connectivity index (χ1) is 8.09. The van der Waals surface area contributed by atoms with Gasteiger partial charge in [0.1, 0.15) is 0 Å². The van der Waals surface area contributed by atoms with Crippen molar-refractivity contribution in [2.45, 2.75) is 44.4 Å². The molecule has 5 nitrogen and oxygen atoms in total. The molecule has 1 amide bonds. The number of amides is 1. The van der Waals surface area contributed by atoms with Crippen LogP contribution in [0.2, 0.25) is 0 Å². The Morgan fingerprint density at radius 2 is 2.24 bits per heavy atom. The molecule has 2 bridgehead atoms. The summed E-state index contributed by atoms with van der Waals surface area (Å²) in [7, 11) is 0. The van der Waals surface area contributed by atoms with Crippen molar-refractivity contribution in [3.05, 3.63) is 0 Å². The molecular weight excluding hydrogens is 220 g/mol. The summed E-state index contributed by atoms with van der Waals surface area (Å²) in [4.78, 5) is 19.4. The van der Waals surface area contributed by atoms with E-state index in [4.69, 9.17) is 9.57 Å². The van der Waals surface area contributed by atoms with E-state index in [0.29, 0.717) is 13.2 Å². The van der Waals surface area contributed by atoms with Gasteiger partial charge in [0.2, 0.25) is 0 Å². The third-order valence-electron chi connectivity index (χ3n) is 4.11. The van der Waals surface area contributed by atoms with E-state index in [1.165, 1.54) is 12.8 Å². The van der Waals surface area contributed by atoms with Crippen LogP contribution in [0.25, 0.3) is 0 Å². The number of hydrogen-bond donors (Lipinski definition) is 1. The Hall–Kier alpha value is -0.650. The number of rotatable bonds is 3. The summed E-state index contributed by atoms with van der Waals surface area (Å²) in [6, 6.07) is 0. The highest BCUT2D eigenvalue weighted by molar-refractivity contribution is 5.80. The molecule has 17 heavy (non-hydrogen) atoms. The molecular formula is C12H20N2O3. The molecule has 4 fully saturated rings. The van der Waals surface area contributed by atoms with Gasteiger partial charge in [-0.1, -0.05) is 0 Å². The molecule has 3 aliphatic heterocycles. The average molecular weight is 240 g/mol. The van der Waals surface area contributed by atoms with E-state index in [2.05, 4.69) is 10.4 Å². The first kappa shape index (κ1) is 11.4. The van der Waals surface area contributed by atoms with Crippen molar-refractivity contribution in [1.29, 1.82) is 0 Å². The highest BCUT2D eigenvalue weighted by Crippen LogP contribution is 2.52. The topological polar surface area (TPSA) is 50.8 Å². The number of carbonyl (C=O) groups excluding carboxylic acids is 1. The van der Waals surface area contributed by atoms with Gasteiger partial charge in [0.15, 0.2) is 6.10 Å². The Labute approximate surface area is 101 Å². The van der Waals surface area contributed by atoms with Crippen molar-refractivity contribution in [3.63, 3.8) is 0 Å². The molecule has 0 aromatic heterocycles. The van der Waals surface area contributed by atoms with E-state index < -0.39 is 0 Å². The second-order valence-corrected chi connectivity index (χ2v) is 5.84. The van der Waals surface area contributed by atoms with Crippen LogP contribution in [-0.4, -0.2) is 48.3 Å². The number of nitrogens with one attached hydrogen (secondary N) is 1. The van der Waals surface area contributed by atoms with E-state index in [9.17, 15) is 4.79 Å². The zero-order valence-corrected chi connectivity index (χ0v) is 10.4. The van der Waals surface area contributed by atoms with E-state index in [1.807, 2.05) is 13.8 Å². The van der Waals surface area contributed by atoms with E-state index in [1.54, 1.807) is 0 Å². The molecule has 4 aliphatic rings. The van der Waals surface area contributed by atoms with Crippen LogP contribution in [0.15, 0.2) is 0 Å². The molecule has 1 N–H and O–H groups in total. The molecule has 1 aliphatic carbocycles. The van der Waals surface area contributed by atoms with Crippen LogP contribution >= 0.6 is 0 Å². The van der Waals surface area contributed by atoms with Gasteiger partial charge in [0.05, 0.1) is 12.7 Å². The molecule has 4 rings (SSSR count). The van der Waals surface area contributed by atoms with Crippen molar-refractivity contribution in [2.75, 3.05) is 19.7 Å². The highest BCUT2D eigenvalue weighted by atomic mass is 16.7. The van der Waals surface area contributed by atoms with E-state index in [0.717, 1.165) is 12.5 Å². The van der Waals surface area contributed by atoms with Gasteiger partial charge in [-0.2, -0.15) is 0 Å².